The van der Waals surface area contributed by atoms with Crippen molar-refractivity contribution in [1.29, 1.82) is 0 Å². The van der Waals surface area contributed by atoms with Crippen molar-refractivity contribution in [3.05, 3.63) is 82.5 Å². The van der Waals surface area contributed by atoms with E-state index in [0.717, 1.165) is 18.2 Å². The van der Waals surface area contributed by atoms with Crippen LogP contribution in [0.3, 0.4) is 0 Å². The van der Waals surface area contributed by atoms with Crippen LogP contribution in [-0.2, 0) is 14.3 Å². The third-order valence-corrected chi connectivity index (χ3v) is 6.31. The normalized spacial score (nSPS) is 20.4. The van der Waals surface area contributed by atoms with Gasteiger partial charge in [-0.2, -0.15) is 0 Å². The van der Waals surface area contributed by atoms with Gasteiger partial charge in [-0.1, -0.05) is 12.1 Å². The number of aliphatic hydroxyl groups excluding tert-OH is 2. The number of hydrogen-bond acceptors (Lipinski definition) is 12. The van der Waals surface area contributed by atoms with Gasteiger partial charge >= 0.3 is 5.97 Å². The van der Waals surface area contributed by atoms with Crippen molar-refractivity contribution in [2.45, 2.75) is 24.6 Å². The van der Waals surface area contributed by atoms with E-state index in [9.17, 15) is 40.2 Å². The Kier molecular flexibility index (Phi) is 7.53. The molecule has 0 aliphatic carbocycles. The maximum absolute atomic E-state index is 13.6. The predicted molar refractivity (Wildman–Crippen MR) is 142 cm³/mol. The highest BCUT2D eigenvalue weighted by atomic mass is 16.7. The Hall–Kier alpha value is -5.04. The van der Waals surface area contributed by atoms with Gasteiger partial charge in [0.1, 0.15) is 46.2 Å². The minimum Gasteiger partial charge on any atom is -0.508 e. The molecule has 12 heteroatoms. The van der Waals surface area contributed by atoms with E-state index in [2.05, 4.69) is 0 Å². The molecule has 12 nitrogen and oxygen atoms in total. The fourth-order valence-electron chi connectivity index (χ4n) is 4.29. The summed E-state index contributed by atoms with van der Waals surface area (Å²) in [4.78, 5) is 26.2. The molecule has 0 saturated carbocycles. The molecule has 2 heterocycles. The first-order valence-corrected chi connectivity index (χ1v) is 12.3. The van der Waals surface area contributed by atoms with Crippen LogP contribution in [-0.4, -0.2) is 67.8 Å². The highest BCUT2D eigenvalue weighted by molar-refractivity contribution is 5.88. The molecule has 3 aromatic carbocycles. The van der Waals surface area contributed by atoms with E-state index >= 15 is 0 Å². The van der Waals surface area contributed by atoms with Crippen molar-refractivity contribution in [2.24, 2.45) is 0 Å². The number of rotatable bonds is 7. The predicted octanol–water partition coefficient (Wildman–Crippen LogP) is 2.36. The second-order valence-electron chi connectivity index (χ2n) is 9.13. The monoisotopic (exact) mass is 564 g/mol. The lowest BCUT2D eigenvalue weighted by Crippen LogP contribution is -2.40. The van der Waals surface area contributed by atoms with Crippen molar-refractivity contribution >= 4 is 23.0 Å². The van der Waals surface area contributed by atoms with Gasteiger partial charge in [0.25, 0.3) is 0 Å². The van der Waals surface area contributed by atoms with Gasteiger partial charge in [0.15, 0.2) is 11.9 Å². The second kappa shape index (κ2) is 11.2. The Morgan fingerprint density at radius 3 is 2.24 bits per heavy atom. The molecule has 1 aromatic heterocycles. The summed E-state index contributed by atoms with van der Waals surface area (Å²) in [6, 6.07) is 13.5. The van der Waals surface area contributed by atoms with Gasteiger partial charge in [-0.15, -0.1) is 0 Å². The van der Waals surface area contributed by atoms with Crippen LogP contribution >= 0.6 is 0 Å². The zero-order valence-corrected chi connectivity index (χ0v) is 21.1. The average molecular weight is 564 g/mol. The number of esters is 1. The summed E-state index contributed by atoms with van der Waals surface area (Å²) in [5.74, 6) is -2.59. The number of aliphatic hydroxyl groups is 2. The van der Waals surface area contributed by atoms with Gasteiger partial charge < -0.3 is 49.3 Å². The first kappa shape index (κ1) is 27.5. The zero-order chi connectivity index (χ0) is 29.3. The summed E-state index contributed by atoms with van der Waals surface area (Å²) in [5, 5.41) is 59.5. The number of hydrogen-bond donors (Lipinski definition) is 6. The number of aromatic hydroxyl groups is 4. The molecular weight excluding hydrogens is 540 g/mol. The fraction of sp³-hybridized carbons (Fsp3) is 0.172. The minimum absolute atomic E-state index is 0.0425. The number of phenols is 4. The first-order chi connectivity index (χ1) is 19.6. The minimum atomic E-state index is -1.61. The summed E-state index contributed by atoms with van der Waals surface area (Å²) >= 11 is 0. The van der Waals surface area contributed by atoms with Gasteiger partial charge in [0, 0.05) is 23.8 Å². The lowest BCUT2D eigenvalue weighted by Gasteiger charge is -2.22. The summed E-state index contributed by atoms with van der Waals surface area (Å²) in [6.07, 6.45) is -3.44. The molecular formula is C29H24O12. The number of carbonyl (C=O) groups excluding carboxylic acids is 1. The van der Waals surface area contributed by atoms with Crippen molar-refractivity contribution in [3.63, 3.8) is 0 Å². The third kappa shape index (κ3) is 5.65. The van der Waals surface area contributed by atoms with E-state index in [0.29, 0.717) is 5.56 Å². The summed E-state index contributed by atoms with van der Waals surface area (Å²) < 4.78 is 22.6. The van der Waals surface area contributed by atoms with Gasteiger partial charge in [0.05, 0.1) is 6.61 Å². The van der Waals surface area contributed by atoms with E-state index in [4.69, 9.17) is 18.6 Å². The number of carbonyl (C=O) groups is 1. The molecule has 4 atom stereocenters. The number of fused-ring (bicyclic) bond motifs is 1. The quantitative estimate of drug-likeness (QED) is 0.142. The van der Waals surface area contributed by atoms with E-state index in [1.54, 1.807) is 12.1 Å². The van der Waals surface area contributed by atoms with Gasteiger partial charge in [-0.25, -0.2) is 4.79 Å². The van der Waals surface area contributed by atoms with Gasteiger partial charge in [-0.3, -0.25) is 4.79 Å². The Balaban J connectivity index is 1.52. The Labute approximate surface area is 231 Å². The fourth-order valence-corrected chi connectivity index (χ4v) is 4.29. The lowest BCUT2D eigenvalue weighted by molar-refractivity contribution is -0.162. The van der Waals surface area contributed by atoms with Crippen LogP contribution in [0.25, 0.3) is 28.4 Å². The smallest absolute Gasteiger partial charge is 0.331 e. The van der Waals surface area contributed by atoms with Crippen molar-refractivity contribution in [1.82, 2.24) is 0 Å². The summed E-state index contributed by atoms with van der Waals surface area (Å²) in [6.45, 7) is -0.671. The van der Waals surface area contributed by atoms with Crippen molar-refractivity contribution in [2.75, 3.05) is 6.61 Å². The number of phenolic OH excluding ortho intramolecular Hbond substituents is 4. The largest absolute Gasteiger partial charge is 0.508 e. The molecule has 6 N–H and O–H groups in total. The molecule has 0 spiro atoms. The SMILES string of the molecule is O=C(C=Cc1ccc(O)cc1)OC1C(Oc2c(-c3ccc(O)cc3)oc3cc(O)cc(O)c3c2=O)OC(CO)C1O. The first-order valence-electron chi connectivity index (χ1n) is 12.3. The third-order valence-electron chi connectivity index (χ3n) is 6.31. The average Bonchev–Trinajstić information content (AvgIpc) is 3.23. The van der Waals surface area contributed by atoms with Crippen molar-refractivity contribution < 1.29 is 54.1 Å². The van der Waals surface area contributed by atoms with Crippen LogP contribution in [0.2, 0.25) is 0 Å². The molecule has 41 heavy (non-hydrogen) atoms. The Morgan fingerprint density at radius 1 is 0.927 bits per heavy atom. The number of benzene rings is 3. The zero-order valence-electron chi connectivity index (χ0n) is 21.1. The number of ether oxygens (including phenoxy) is 3. The van der Waals surface area contributed by atoms with Crippen LogP contribution in [0.4, 0.5) is 0 Å². The molecule has 4 unspecified atom stereocenters. The molecule has 4 aromatic rings. The second-order valence-corrected chi connectivity index (χ2v) is 9.13. The van der Waals surface area contributed by atoms with E-state index < -0.39 is 54.1 Å². The topological polar surface area (TPSA) is 196 Å². The van der Waals surface area contributed by atoms with Crippen LogP contribution in [0, 0.1) is 0 Å². The molecule has 5 rings (SSSR count). The maximum atomic E-state index is 13.6. The molecule has 1 aliphatic rings. The highest BCUT2D eigenvalue weighted by Gasteiger charge is 2.48. The molecule has 1 aliphatic heterocycles. The molecule has 212 valence electrons. The van der Waals surface area contributed by atoms with E-state index in [1.165, 1.54) is 42.5 Å². The molecule has 0 radical (unpaired) electrons. The van der Waals surface area contributed by atoms with Crippen LogP contribution in [0.15, 0.2) is 76.0 Å². The molecule has 0 amide bonds. The maximum Gasteiger partial charge on any atom is 0.331 e. The van der Waals surface area contributed by atoms with Crippen molar-refractivity contribution in [3.8, 4) is 40.1 Å². The molecule has 1 fully saturated rings. The summed E-state index contributed by atoms with van der Waals surface area (Å²) in [7, 11) is 0. The van der Waals surface area contributed by atoms with Crippen LogP contribution in [0.1, 0.15) is 5.56 Å². The van der Waals surface area contributed by atoms with Crippen LogP contribution < -0.4 is 10.2 Å². The molecule has 0 bridgehead atoms. The van der Waals surface area contributed by atoms with Gasteiger partial charge in [-0.05, 0) is 48.0 Å². The van der Waals surface area contributed by atoms with E-state index in [1.807, 2.05) is 0 Å². The van der Waals surface area contributed by atoms with Gasteiger partial charge in [0.2, 0.25) is 17.5 Å². The van der Waals surface area contributed by atoms with Crippen LogP contribution in [0.5, 0.6) is 28.7 Å². The highest BCUT2D eigenvalue weighted by Crippen LogP contribution is 2.38. The lowest BCUT2D eigenvalue weighted by atomic mass is 10.1. The summed E-state index contributed by atoms with van der Waals surface area (Å²) in [5.41, 5.74) is -0.232. The van der Waals surface area contributed by atoms with E-state index in [-0.39, 0.29) is 39.5 Å². The standard InChI is InChI=1S/C29H24O12/c30-13-21-24(36)28(40-22(35)10-3-14-1-6-16(31)7-2-14)29(39-21)41-27-25(37)23-19(34)11-18(33)12-20(23)38-26(27)15-4-8-17(32)9-5-15/h1-12,21,24,28-34,36H,13H2. The Bertz CT molecular complexity index is 1660. The Morgan fingerprint density at radius 2 is 1.59 bits per heavy atom. The molecule has 1 saturated heterocycles.